The van der Waals surface area contributed by atoms with Gasteiger partial charge in [0, 0.05) is 11.1 Å². The van der Waals surface area contributed by atoms with Gasteiger partial charge in [0.25, 0.3) is 0 Å². The fourth-order valence-corrected chi connectivity index (χ4v) is 2.24. The Labute approximate surface area is 125 Å². The first-order valence-electron chi connectivity index (χ1n) is 6.42. The van der Waals surface area contributed by atoms with Crippen molar-refractivity contribution >= 4 is 22.4 Å². The molecular weight excluding hydrogens is 268 g/mol. The van der Waals surface area contributed by atoms with Crippen molar-refractivity contribution < 1.29 is 12.4 Å². The van der Waals surface area contributed by atoms with Gasteiger partial charge in [0.2, 0.25) is 0 Å². The second kappa shape index (κ2) is 5.93. The average Bonchev–Trinajstić information content (AvgIpc) is 2.41. The van der Waals surface area contributed by atoms with Crippen molar-refractivity contribution in [2.45, 2.75) is 13.8 Å². The molecule has 0 aliphatic heterocycles. The van der Waals surface area contributed by atoms with Gasteiger partial charge in [-0.1, -0.05) is 29.8 Å². The highest BCUT2D eigenvalue weighted by Crippen LogP contribution is 2.23. The van der Waals surface area contributed by atoms with Crippen molar-refractivity contribution in [3.8, 4) is 0 Å². The van der Waals surface area contributed by atoms with Crippen LogP contribution < -0.4 is 17.7 Å². The number of aryl methyl sites for hydroxylation is 2. The number of hydrogen-bond acceptors (Lipinski definition) is 2. The van der Waals surface area contributed by atoms with Crippen molar-refractivity contribution in [3.63, 3.8) is 0 Å². The summed E-state index contributed by atoms with van der Waals surface area (Å²) in [5, 5.41) is 4.56. The lowest BCUT2D eigenvalue weighted by atomic mass is 10.1. The van der Waals surface area contributed by atoms with Gasteiger partial charge in [-0.2, -0.15) is 0 Å². The molecule has 3 rings (SSSR count). The molecule has 0 bridgehead atoms. The zero-order chi connectivity index (χ0) is 13.2. The molecule has 1 heterocycles. The van der Waals surface area contributed by atoms with E-state index < -0.39 is 0 Å². The Morgan fingerprint density at radius 2 is 1.65 bits per heavy atom. The zero-order valence-electron chi connectivity index (χ0n) is 11.5. The standard InChI is InChI=1S/C17H16N2.ClH/c1-12-8-9-16-15(10-12)13(2)11-17(19-16)18-14-6-4-3-5-7-14;/h3-11H,1-2H3,(H,18,19);1H/p-1. The summed E-state index contributed by atoms with van der Waals surface area (Å²) in [5.74, 6) is 0.889. The summed E-state index contributed by atoms with van der Waals surface area (Å²) in [6.07, 6.45) is 0. The van der Waals surface area contributed by atoms with Crippen LogP contribution in [-0.4, -0.2) is 4.98 Å². The summed E-state index contributed by atoms with van der Waals surface area (Å²) in [7, 11) is 0. The van der Waals surface area contributed by atoms with E-state index in [9.17, 15) is 0 Å². The quantitative estimate of drug-likeness (QED) is 0.773. The van der Waals surface area contributed by atoms with E-state index in [2.05, 4.69) is 48.4 Å². The SMILES string of the molecule is Cc1ccc2nc(Nc3ccccc3)cc(C)c2c1.[Cl-]. The summed E-state index contributed by atoms with van der Waals surface area (Å²) in [4.78, 5) is 4.66. The van der Waals surface area contributed by atoms with E-state index in [0.717, 1.165) is 17.0 Å². The molecule has 1 aromatic heterocycles. The Morgan fingerprint density at radius 1 is 0.900 bits per heavy atom. The maximum absolute atomic E-state index is 4.66. The third kappa shape index (κ3) is 2.91. The van der Waals surface area contributed by atoms with Crippen molar-refractivity contribution in [3.05, 3.63) is 65.7 Å². The van der Waals surface area contributed by atoms with E-state index >= 15 is 0 Å². The summed E-state index contributed by atoms with van der Waals surface area (Å²) in [6.45, 7) is 4.23. The molecule has 0 saturated carbocycles. The molecule has 0 saturated heterocycles. The minimum Gasteiger partial charge on any atom is -1.00 e. The van der Waals surface area contributed by atoms with E-state index in [-0.39, 0.29) is 12.4 Å². The van der Waals surface area contributed by atoms with Crippen LogP contribution in [0.15, 0.2) is 54.6 Å². The van der Waals surface area contributed by atoms with Crippen LogP contribution in [0.1, 0.15) is 11.1 Å². The number of benzene rings is 2. The molecule has 0 radical (unpaired) electrons. The smallest absolute Gasteiger partial charge is 0.131 e. The molecule has 0 fully saturated rings. The minimum absolute atomic E-state index is 0. The highest BCUT2D eigenvalue weighted by molar-refractivity contribution is 5.85. The lowest BCUT2D eigenvalue weighted by Gasteiger charge is -2.09. The van der Waals surface area contributed by atoms with E-state index in [4.69, 9.17) is 0 Å². The number of aromatic nitrogens is 1. The predicted molar refractivity (Wildman–Crippen MR) is 80.9 cm³/mol. The molecule has 0 aliphatic rings. The van der Waals surface area contributed by atoms with Crippen LogP contribution in [0, 0.1) is 13.8 Å². The van der Waals surface area contributed by atoms with Crippen LogP contribution >= 0.6 is 0 Å². The minimum atomic E-state index is 0. The molecule has 0 aliphatic carbocycles. The van der Waals surface area contributed by atoms with Crippen LogP contribution in [-0.2, 0) is 0 Å². The molecule has 0 spiro atoms. The Kier molecular flexibility index (Phi) is 4.26. The average molecular weight is 284 g/mol. The highest BCUT2D eigenvalue weighted by Gasteiger charge is 2.03. The van der Waals surface area contributed by atoms with Crippen LogP contribution in [0.25, 0.3) is 10.9 Å². The molecular formula is C17H16ClN2-. The van der Waals surface area contributed by atoms with E-state index in [0.29, 0.717) is 0 Å². The van der Waals surface area contributed by atoms with E-state index in [1.54, 1.807) is 0 Å². The molecule has 2 nitrogen and oxygen atoms in total. The maximum atomic E-state index is 4.66. The molecule has 3 aromatic rings. The first kappa shape index (κ1) is 14.4. The lowest BCUT2D eigenvalue weighted by molar-refractivity contribution is -0.00000396. The Balaban J connectivity index is 0.00000147. The molecule has 20 heavy (non-hydrogen) atoms. The molecule has 2 aromatic carbocycles. The largest absolute Gasteiger partial charge is 1.00 e. The van der Waals surface area contributed by atoms with Gasteiger partial charge in [0.1, 0.15) is 5.82 Å². The number of fused-ring (bicyclic) bond motifs is 1. The third-order valence-corrected chi connectivity index (χ3v) is 3.22. The van der Waals surface area contributed by atoms with Crippen molar-refractivity contribution in [2.75, 3.05) is 5.32 Å². The van der Waals surface area contributed by atoms with Crippen molar-refractivity contribution in [2.24, 2.45) is 0 Å². The Bertz CT molecular complexity index is 724. The number of nitrogens with zero attached hydrogens (tertiary/aromatic N) is 1. The Hall–Kier alpha value is -2.06. The lowest BCUT2D eigenvalue weighted by Crippen LogP contribution is -3.00. The molecule has 0 amide bonds. The maximum Gasteiger partial charge on any atom is 0.131 e. The van der Waals surface area contributed by atoms with E-state index in [1.165, 1.54) is 16.5 Å². The molecule has 0 atom stereocenters. The van der Waals surface area contributed by atoms with Gasteiger partial charge in [-0.05, 0) is 49.7 Å². The zero-order valence-corrected chi connectivity index (χ0v) is 12.3. The fraction of sp³-hybridized carbons (Fsp3) is 0.118. The number of pyridine rings is 1. The second-order valence-corrected chi connectivity index (χ2v) is 4.84. The number of halogens is 1. The number of nitrogens with one attached hydrogen (secondary N) is 1. The number of para-hydroxylation sites is 1. The summed E-state index contributed by atoms with van der Waals surface area (Å²) in [5.41, 5.74) is 4.60. The van der Waals surface area contributed by atoms with Gasteiger partial charge in [0.05, 0.1) is 5.52 Å². The molecule has 1 N–H and O–H groups in total. The van der Waals surface area contributed by atoms with Crippen LogP contribution in [0.4, 0.5) is 11.5 Å². The predicted octanol–water partition coefficient (Wildman–Crippen LogP) is 1.60. The topological polar surface area (TPSA) is 24.9 Å². The number of anilines is 2. The van der Waals surface area contributed by atoms with Gasteiger partial charge < -0.3 is 17.7 Å². The van der Waals surface area contributed by atoms with Crippen LogP contribution in [0.3, 0.4) is 0 Å². The van der Waals surface area contributed by atoms with Crippen LogP contribution in [0.2, 0.25) is 0 Å². The summed E-state index contributed by atoms with van der Waals surface area (Å²) in [6, 6.07) is 18.6. The summed E-state index contributed by atoms with van der Waals surface area (Å²) >= 11 is 0. The van der Waals surface area contributed by atoms with Gasteiger partial charge in [-0.15, -0.1) is 0 Å². The number of rotatable bonds is 2. The summed E-state index contributed by atoms with van der Waals surface area (Å²) < 4.78 is 0. The van der Waals surface area contributed by atoms with E-state index in [1.807, 2.05) is 30.3 Å². The fourth-order valence-electron chi connectivity index (χ4n) is 2.24. The van der Waals surface area contributed by atoms with Gasteiger partial charge in [-0.3, -0.25) is 0 Å². The van der Waals surface area contributed by atoms with Crippen molar-refractivity contribution in [1.29, 1.82) is 0 Å². The third-order valence-electron chi connectivity index (χ3n) is 3.22. The Morgan fingerprint density at radius 3 is 2.40 bits per heavy atom. The van der Waals surface area contributed by atoms with Crippen LogP contribution in [0.5, 0.6) is 0 Å². The van der Waals surface area contributed by atoms with Crippen molar-refractivity contribution in [1.82, 2.24) is 4.98 Å². The highest BCUT2D eigenvalue weighted by atomic mass is 35.5. The molecule has 102 valence electrons. The van der Waals surface area contributed by atoms with Gasteiger partial charge in [0.15, 0.2) is 0 Å². The van der Waals surface area contributed by atoms with Gasteiger partial charge in [-0.25, -0.2) is 4.98 Å². The molecule has 0 unspecified atom stereocenters. The number of hydrogen-bond donors (Lipinski definition) is 1. The first-order valence-corrected chi connectivity index (χ1v) is 6.42. The molecule has 3 heteroatoms. The van der Waals surface area contributed by atoms with Gasteiger partial charge >= 0.3 is 0 Å². The second-order valence-electron chi connectivity index (χ2n) is 4.84. The first-order chi connectivity index (χ1) is 9.22. The normalized spacial score (nSPS) is 10.1. The monoisotopic (exact) mass is 283 g/mol.